The minimum atomic E-state index is -0.259. The number of hydrogen-bond acceptors (Lipinski definition) is 3. The van der Waals surface area contributed by atoms with Gasteiger partial charge in [-0.05, 0) is 18.6 Å². The fraction of sp³-hybridized carbons (Fsp3) is 0.0500. The van der Waals surface area contributed by atoms with Crippen molar-refractivity contribution < 1.29 is 0 Å². The molecule has 122 valence electrons. The molecule has 0 spiro atoms. The number of hydrogen-bond donors (Lipinski definition) is 2. The van der Waals surface area contributed by atoms with Crippen LogP contribution in [0.1, 0.15) is 5.69 Å². The first-order valence-electron chi connectivity index (χ1n) is 8.00. The van der Waals surface area contributed by atoms with E-state index in [2.05, 4.69) is 20.4 Å². The Morgan fingerprint density at radius 2 is 1.40 bits per heavy atom. The van der Waals surface area contributed by atoms with Gasteiger partial charge in [-0.15, -0.1) is 0 Å². The maximum absolute atomic E-state index is 12.6. The highest BCUT2D eigenvalue weighted by atomic mass is 16.1. The van der Waals surface area contributed by atoms with Crippen LogP contribution in [0.3, 0.4) is 0 Å². The maximum Gasteiger partial charge on any atom is 0.274 e. The molecule has 2 aromatic heterocycles. The summed E-state index contributed by atoms with van der Waals surface area (Å²) in [5, 5.41) is 14.2. The molecule has 0 fully saturated rings. The van der Waals surface area contributed by atoms with Crippen molar-refractivity contribution in [1.29, 1.82) is 0 Å². The van der Waals surface area contributed by atoms with Crippen molar-refractivity contribution in [2.45, 2.75) is 6.92 Å². The molecule has 4 aromatic rings. The number of aryl methyl sites for hydroxylation is 1. The first-order chi connectivity index (χ1) is 12.2. The second-order valence-corrected chi connectivity index (χ2v) is 5.82. The molecule has 0 saturated carbocycles. The Hall–Kier alpha value is -3.47. The summed E-state index contributed by atoms with van der Waals surface area (Å²) in [7, 11) is 0. The topological polar surface area (TPSA) is 74.4 Å². The van der Waals surface area contributed by atoms with Gasteiger partial charge in [0.1, 0.15) is 0 Å². The summed E-state index contributed by atoms with van der Waals surface area (Å²) >= 11 is 0. The zero-order valence-electron chi connectivity index (χ0n) is 13.7. The van der Waals surface area contributed by atoms with Crippen LogP contribution < -0.4 is 5.56 Å². The second-order valence-electron chi connectivity index (χ2n) is 5.82. The molecule has 0 aliphatic heterocycles. The quantitative estimate of drug-likeness (QED) is 0.600. The number of aromatic nitrogens is 4. The number of nitrogens with one attached hydrogen (secondary N) is 2. The molecule has 0 atom stereocenters. The van der Waals surface area contributed by atoms with Gasteiger partial charge >= 0.3 is 0 Å². The van der Waals surface area contributed by atoms with Crippen LogP contribution in [0.25, 0.3) is 33.6 Å². The number of H-pyrrole nitrogens is 2. The lowest BCUT2D eigenvalue weighted by atomic mass is 9.94. The molecule has 0 aliphatic rings. The highest BCUT2D eigenvalue weighted by Gasteiger charge is 2.20. The zero-order chi connectivity index (χ0) is 17.2. The fourth-order valence-corrected chi connectivity index (χ4v) is 2.93. The molecule has 0 unspecified atom stereocenters. The van der Waals surface area contributed by atoms with Crippen molar-refractivity contribution in [2.24, 2.45) is 0 Å². The average Bonchev–Trinajstić information content (AvgIpc) is 3.09. The molecule has 5 heteroatoms. The minimum Gasteiger partial charge on any atom is -0.282 e. The van der Waals surface area contributed by atoms with Gasteiger partial charge in [0.25, 0.3) is 5.56 Å². The smallest absolute Gasteiger partial charge is 0.274 e. The molecule has 25 heavy (non-hydrogen) atoms. The van der Waals surface area contributed by atoms with Gasteiger partial charge in [-0.1, -0.05) is 60.7 Å². The predicted molar refractivity (Wildman–Crippen MR) is 98.0 cm³/mol. The third-order valence-corrected chi connectivity index (χ3v) is 4.05. The summed E-state index contributed by atoms with van der Waals surface area (Å²) in [4.78, 5) is 12.6. The number of benzene rings is 2. The van der Waals surface area contributed by atoms with Gasteiger partial charge in [0, 0.05) is 16.8 Å². The SMILES string of the molecule is Cc1cc(-c2c(-c3ccccc3)c(-c3ccccc3)n[nH]c2=O)n[nH]1. The largest absolute Gasteiger partial charge is 0.282 e. The summed E-state index contributed by atoms with van der Waals surface area (Å²) in [5.41, 5.74) is 5.13. The molecule has 5 nitrogen and oxygen atoms in total. The molecule has 0 radical (unpaired) electrons. The Morgan fingerprint density at radius 3 is 2.00 bits per heavy atom. The Kier molecular flexibility index (Phi) is 3.74. The van der Waals surface area contributed by atoms with Crippen molar-refractivity contribution in [3.05, 3.63) is 82.8 Å². The molecule has 2 N–H and O–H groups in total. The molecular weight excluding hydrogens is 312 g/mol. The lowest BCUT2D eigenvalue weighted by Gasteiger charge is -2.12. The van der Waals surface area contributed by atoms with Crippen LogP contribution in [0.4, 0.5) is 0 Å². The number of rotatable bonds is 3. The highest BCUT2D eigenvalue weighted by molar-refractivity contribution is 5.91. The van der Waals surface area contributed by atoms with Crippen LogP contribution in [0.5, 0.6) is 0 Å². The molecule has 0 aliphatic carbocycles. The summed E-state index contributed by atoms with van der Waals surface area (Å²) < 4.78 is 0. The Morgan fingerprint density at radius 1 is 0.760 bits per heavy atom. The van der Waals surface area contributed by atoms with E-state index in [0.29, 0.717) is 11.3 Å². The van der Waals surface area contributed by atoms with Gasteiger partial charge in [-0.2, -0.15) is 10.2 Å². The first-order valence-corrected chi connectivity index (χ1v) is 8.00. The van der Waals surface area contributed by atoms with Gasteiger partial charge in [0.05, 0.1) is 17.0 Å². The Labute approximate surface area is 144 Å². The van der Waals surface area contributed by atoms with Crippen LogP contribution in [0.15, 0.2) is 71.5 Å². The Bertz CT molecular complexity index is 1070. The van der Waals surface area contributed by atoms with Crippen LogP contribution in [0.2, 0.25) is 0 Å². The third-order valence-electron chi connectivity index (χ3n) is 4.05. The van der Waals surface area contributed by atoms with E-state index in [9.17, 15) is 4.79 Å². The Balaban J connectivity index is 2.09. The van der Waals surface area contributed by atoms with E-state index >= 15 is 0 Å². The molecule has 2 heterocycles. The molecule has 0 bridgehead atoms. The second kappa shape index (κ2) is 6.20. The van der Waals surface area contributed by atoms with Crippen LogP contribution in [-0.4, -0.2) is 20.4 Å². The fourth-order valence-electron chi connectivity index (χ4n) is 2.93. The van der Waals surface area contributed by atoms with E-state index in [1.807, 2.05) is 73.7 Å². The standard InChI is InChI=1S/C20H16N4O/c1-13-12-16(22-21-13)18-17(14-8-4-2-5-9-14)19(23-24-20(18)25)15-10-6-3-7-11-15/h2-12H,1H3,(H,21,22)(H,24,25). The summed E-state index contributed by atoms with van der Waals surface area (Å²) in [6.45, 7) is 1.91. The van der Waals surface area contributed by atoms with Crippen molar-refractivity contribution >= 4 is 0 Å². The van der Waals surface area contributed by atoms with E-state index in [-0.39, 0.29) is 5.56 Å². The zero-order valence-corrected chi connectivity index (χ0v) is 13.7. The summed E-state index contributed by atoms with van der Waals surface area (Å²) in [6, 6.07) is 21.5. The normalized spacial score (nSPS) is 10.8. The summed E-state index contributed by atoms with van der Waals surface area (Å²) in [5.74, 6) is 0. The van der Waals surface area contributed by atoms with Gasteiger partial charge in [-0.3, -0.25) is 9.89 Å². The number of aromatic amines is 2. The minimum absolute atomic E-state index is 0.259. The van der Waals surface area contributed by atoms with Crippen LogP contribution in [0, 0.1) is 6.92 Å². The average molecular weight is 328 g/mol. The van der Waals surface area contributed by atoms with Gasteiger partial charge in [-0.25, -0.2) is 5.10 Å². The van der Waals surface area contributed by atoms with E-state index in [1.54, 1.807) is 0 Å². The van der Waals surface area contributed by atoms with Crippen molar-refractivity contribution in [3.63, 3.8) is 0 Å². The highest BCUT2D eigenvalue weighted by Crippen LogP contribution is 2.35. The van der Waals surface area contributed by atoms with Gasteiger partial charge in [0.2, 0.25) is 0 Å². The molecule has 0 amide bonds. The maximum atomic E-state index is 12.6. The lowest BCUT2D eigenvalue weighted by Crippen LogP contribution is -2.14. The van der Waals surface area contributed by atoms with Crippen molar-refractivity contribution in [3.8, 4) is 33.6 Å². The molecular formula is C20H16N4O. The van der Waals surface area contributed by atoms with E-state index in [1.165, 1.54) is 0 Å². The van der Waals surface area contributed by atoms with E-state index in [4.69, 9.17) is 0 Å². The van der Waals surface area contributed by atoms with Gasteiger partial charge in [0.15, 0.2) is 0 Å². The molecule has 2 aromatic carbocycles. The lowest BCUT2D eigenvalue weighted by molar-refractivity contribution is 0.991. The van der Waals surface area contributed by atoms with Crippen LogP contribution in [-0.2, 0) is 0 Å². The van der Waals surface area contributed by atoms with Crippen LogP contribution >= 0.6 is 0 Å². The van der Waals surface area contributed by atoms with Gasteiger partial charge < -0.3 is 0 Å². The van der Waals surface area contributed by atoms with Crippen molar-refractivity contribution in [1.82, 2.24) is 20.4 Å². The van der Waals surface area contributed by atoms with E-state index in [0.717, 1.165) is 28.1 Å². The molecule has 4 rings (SSSR count). The first kappa shape index (κ1) is 15.1. The predicted octanol–water partition coefficient (Wildman–Crippen LogP) is 3.80. The molecule has 0 saturated heterocycles. The van der Waals surface area contributed by atoms with Crippen molar-refractivity contribution in [2.75, 3.05) is 0 Å². The van der Waals surface area contributed by atoms with E-state index < -0.39 is 0 Å². The monoisotopic (exact) mass is 328 g/mol. The summed E-state index contributed by atoms with van der Waals surface area (Å²) in [6.07, 6.45) is 0. The number of nitrogens with zero attached hydrogens (tertiary/aromatic N) is 2. The third kappa shape index (κ3) is 2.76.